The first kappa shape index (κ1) is 15.3. The average molecular weight is 308 g/mol. The molecule has 0 unspecified atom stereocenters. The highest BCUT2D eigenvalue weighted by atomic mass is 19.1. The summed E-state index contributed by atoms with van der Waals surface area (Å²) < 4.78 is 19.3. The molecule has 1 aliphatic carbocycles. The van der Waals surface area contributed by atoms with Crippen molar-refractivity contribution >= 4 is 5.91 Å². The minimum Gasteiger partial charge on any atom is -0.379 e. The standard InChI is InChI=1S/C15H21FN4O2/c16-12-6-18-10-19-13(12)3-11-4-15(5-11)8-20(7-14(17)21)1-2-22-9-15/h6,10-11H,1-5,7-9H2,(H2,17,21). The van der Waals surface area contributed by atoms with Gasteiger partial charge in [0.2, 0.25) is 5.91 Å². The van der Waals surface area contributed by atoms with E-state index in [1.165, 1.54) is 12.5 Å². The van der Waals surface area contributed by atoms with E-state index < -0.39 is 0 Å². The van der Waals surface area contributed by atoms with Crippen molar-refractivity contribution in [2.24, 2.45) is 17.1 Å². The Bertz CT molecular complexity index is 548. The summed E-state index contributed by atoms with van der Waals surface area (Å²) in [7, 11) is 0. The number of hydrogen-bond donors (Lipinski definition) is 1. The van der Waals surface area contributed by atoms with Crippen molar-refractivity contribution in [1.82, 2.24) is 14.9 Å². The lowest BCUT2D eigenvalue weighted by Gasteiger charge is -2.48. The van der Waals surface area contributed by atoms with Crippen LogP contribution in [-0.4, -0.2) is 53.6 Å². The Hall–Kier alpha value is -1.60. The predicted molar refractivity (Wildman–Crippen MR) is 77.3 cm³/mol. The van der Waals surface area contributed by atoms with Crippen molar-refractivity contribution in [2.45, 2.75) is 19.3 Å². The summed E-state index contributed by atoms with van der Waals surface area (Å²) in [5.41, 5.74) is 5.85. The van der Waals surface area contributed by atoms with Crippen LogP contribution in [0, 0.1) is 17.2 Å². The second-order valence-electron chi connectivity index (χ2n) is 6.53. The zero-order chi connectivity index (χ0) is 15.6. The van der Waals surface area contributed by atoms with Gasteiger partial charge >= 0.3 is 0 Å². The quantitative estimate of drug-likeness (QED) is 0.869. The highest BCUT2D eigenvalue weighted by Gasteiger charge is 2.46. The smallest absolute Gasteiger partial charge is 0.231 e. The first-order valence-corrected chi connectivity index (χ1v) is 7.59. The van der Waals surface area contributed by atoms with E-state index in [0.29, 0.717) is 31.2 Å². The van der Waals surface area contributed by atoms with Crippen molar-refractivity contribution < 1.29 is 13.9 Å². The van der Waals surface area contributed by atoms with Crippen LogP contribution in [0.5, 0.6) is 0 Å². The first-order valence-electron chi connectivity index (χ1n) is 7.59. The molecule has 1 spiro atoms. The highest BCUT2D eigenvalue weighted by molar-refractivity contribution is 5.75. The predicted octanol–water partition coefficient (Wildman–Crippen LogP) is 0.372. The van der Waals surface area contributed by atoms with Crippen molar-refractivity contribution in [3.8, 4) is 0 Å². The Balaban J connectivity index is 1.58. The summed E-state index contributed by atoms with van der Waals surface area (Å²) in [5.74, 6) is -0.242. The van der Waals surface area contributed by atoms with Gasteiger partial charge in [0.25, 0.3) is 0 Å². The lowest BCUT2D eigenvalue weighted by molar-refractivity contribution is -0.119. The molecular weight excluding hydrogens is 287 g/mol. The van der Waals surface area contributed by atoms with Crippen LogP contribution >= 0.6 is 0 Å². The Morgan fingerprint density at radius 2 is 2.36 bits per heavy atom. The number of carbonyl (C=O) groups is 1. The Kier molecular flexibility index (Phi) is 4.35. The van der Waals surface area contributed by atoms with E-state index in [4.69, 9.17) is 10.5 Å². The third kappa shape index (κ3) is 3.41. The zero-order valence-electron chi connectivity index (χ0n) is 12.5. The molecule has 0 bridgehead atoms. The molecule has 7 heteroatoms. The normalized spacial score (nSPS) is 29.0. The minimum absolute atomic E-state index is 0.0696. The van der Waals surface area contributed by atoms with E-state index in [1.54, 1.807) is 0 Å². The van der Waals surface area contributed by atoms with Gasteiger partial charge < -0.3 is 10.5 Å². The van der Waals surface area contributed by atoms with Crippen molar-refractivity contribution in [3.05, 3.63) is 24.0 Å². The third-order valence-corrected chi connectivity index (χ3v) is 4.57. The molecule has 1 saturated heterocycles. The number of primary amides is 1. The van der Waals surface area contributed by atoms with Gasteiger partial charge in [0.15, 0.2) is 5.82 Å². The highest BCUT2D eigenvalue weighted by Crippen LogP contribution is 2.48. The van der Waals surface area contributed by atoms with Gasteiger partial charge in [-0.15, -0.1) is 0 Å². The molecule has 1 aliphatic heterocycles. The fourth-order valence-electron chi connectivity index (χ4n) is 3.75. The fourth-order valence-corrected chi connectivity index (χ4v) is 3.75. The molecule has 6 nitrogen and oxygen atoms in total. The number of aromatic nitrogens is 2. The third-order valence-electron chi connectivity index (χ3n) is 4.57. The first-order chi connectivity index (χ1) is 10.6. The molecular formula is C15H21FN4O2. The summed E-state index contributed by atoms with van der Waals surface area (Å²) >= 11 is 0. The number of nitrogens with zero attached hydrogens (tertiary/aromatic N) is 3. The van der Waals surface area contributed by atoms with Gasteiger partial charge in [0.05, 0.1) is 31.6 Å². The molecule has 0 aromatic carbocycles. The number of amides is 1. The maximum atomic E-state index is 13.6. The molecule has 3 rings (SSSR count). The maximum Gasteiger partial charge on any atom is 0.231 e. The number of nitrogens with two attached hydrogens (primary N) is 1. The SMILES string of the molecule is NC(=O)CN1CCOCC2(CC(Cc3ncncc3F)C2)C1. The Labute approximate surface area is 128 Å². The van der Waals surface area contributed by atoms with Crippen molar-refractivity contribution in [3.63, 3.8) is 0 Å². The Morgan fingerprint density at radius 1 is 1.55 bits per heavy atom. The molecule has 120 valence electrons. The van der Waals surface area contributed by atoms with Gasteiger partial charge in [-0.25, -0.2) is 14.4 Å². The lowest BCUT2D eigenvalue weighted by Crippen LogP contribution is -2.49. The topological polar surface area (TPSA) is 81.3 Å². The molecule has 2 aliphatic rings. The summed E-state index contributed by atoms with van der Waals surface area (Å²) in [4.78, 5) is 20.9. The largest absolute Gasteiger partial charge is 0.379 e. The van der Waals surface area contributed by atoms with Crippen LogP contribution in [0.3, 0.4) is 0 Å². The number of rotatable bonds is 4. The van der Waals surface area contributed by atoms with Gasteiger partial charge in [-0.2, -0.15) is 0 Å². The molecule has 1 saturated carbocycles. The van der Waals surface area contributed by atoms with Gasteiger partial charge in [0.1, 0.15) is 6.33 Å². The molecule has 2 heterocycles. The molecule has 2 N–H and O–H groups in total. The summed E-state index contributed by atoms with van der Waals surface area (Å²) in [6, 6.07) is 0. The van der Waals surface area contributed by atoms with Crippen molar-refractivity contribution in [1.29, 1.82) is 0 Å². The molecule has 0 radical (unpaired) electrons. The van der Waals surface area contributed by atoms with Crippen LogP contribution in [-0.2, 0) is 16.0 Å². The van der Waals surface area contributed by atoms with Crippen LogP contribution in [0.4, 0.5) is 4.39 Å². The van der Waals surface area contributed by atoms with E-state index in [0.717, 1.165) is 25.9 Å². The van der Waals surface area contributed by atoms with Crippen LogP contribution in [0.2, 0.25) is 0 Å². The fraction of sp³-hybridized carbons (Fsp3) is 0.667. The van der Waals surface area contributed by atoms with Crippen LogP contribution in [0.15, 0.2) is 12.5 Å². The van der Waals surface area contributed by atoms with E-state index in [9.17, 15) is 9.18 Å². The zero-order valence-corrected chi connectivity index (χ0v) is 12.5. The second-order valence-corrected chi connectivity index (χ2v) is 6.53. The molecule has 22 heavy (non-hydrogen) atoms. The Morgan fingerprint density at radius 3 is 3.09 bits per heavy atom. The minimum atomic E-state index is -0.337. The number of carbonyl (C=O) groups excluding carboxylic acids is 1. The van der Waals surface area contributed by atoms with Crippen LogP contribution in [0.25, 0.3) is 0 Å². The summed E-state index contributed by atoms with van der Waals surface area (Å²) in [5, 5.41) is 0. The monoisotopic (exact) mass is 308 g/mol. The van der Waals surface area contributed by atoms with Crippen LogP contribution in [0.1, 0.15) is 18.5 Å². The van der Waals surface area contributed by atoms with E-state index in [-0.39, 0.29) is 23.7 Å². The second kappa shape index (κ2) is 6.26. The van der Waals surface area contributed by atoms with Gasteiger partial charge in [-0.1, -0.05) is 0 Å². The number of ether oxygens (including phenoxy) is 1. The van der Waals surface area contributed by atoms with E-state index in [1.807, 2.05) is 0 Å². The molecule has 1 aromatic heterocycles. The van der Waals surface area contributed by atoms with Crippen molar-refractivity contribution in [2.75, 3.05) is 32.8 Å². The van der Waals surface area contributed by atoms with E-state index in [2.05, 4.69) is 14.9 Å². The number of halogens is 1. The van der Waals surface area contributed by atoms with Gasteiger partial charge in [-0.3, -0.25) is 9.69 Å². The van der Waals surface area contributed by atoms with Gasteiger partial charge in [-0.05, 0) is 25.2 Å². The molecule has 0 atom stereocenters. The molecule has 1 aromatic rings. The molecule has 1 amide bonds. The maximum absolute atomic E-state index is 13.6. The molecule has 2 fully saturated rings. The average Bonchev–Trinajstić information content (AvgIpc) is 2.63. The lowest BCUT2D eigenvalue weighted by atomic mass is 9.61. The van der Waals surface area contributed by atoms with E-state index >= 15 is 0 Å². The number of hydrogen-bond acceptors (Lipinski definition) is 5. The summed E-state index contributed by atoms with van der Waals surface area (Å²) in [6.45, 7) is 3.15. The van der Waals surface area contributed by atoms with Crippen LogP contribution < -0.4 is 5.73 Å². The van der Waals surface area contributed by atoms with Gasteiger partial charge in [0, 0.05) is 18.5 Å². The summed E-state index contributed by atoms with van der Waals surface area (Å²) in [6.07, 6.45) is 5.15.